The number of rotatable bonds is 1. The average Bonchev–Trinajstić information content (AvgIpc) is 2.37. The van der Waals surface area contributed by atoms with Crippen LogP contribution in [0.3, 0.4) is 0 Å². The molecule has 0 unspecified atom stereocenters. The second kappa shape index (κ2) is 4.90. The summed E-state index contributed by atoms with van der Waals surface area (Å²) in [6.45, 7) is 0. The first-order valence-corrected chi connectivity index (χ1v) is 5.53. The molecule has 0 saturated carbocycles. The number of pyridine rings is 1. The Balaban J connectivity index is 2.43. The van der Waals surface area contributed by atoms with Crippen LogP contribution in [0.1, 0.15) is 11.1 Å². The molecule has 19 heavy (non-hydrogen) atoms. The molecule has 1 aromatic heterocycles. The molecule has 2 nitrogen and oxygen atoms in total. The molecular weight excluding hydrogens is 277 g/mol. The van der Waals surface area contributed by atoms with Crippen LogP contribution in [0.5, 0.6) is 0 Å². The number of hydrogen-bond donors (Lipinski definition) is 0. The van der Waals surface area contributed by atoms with E-state index in [-0.39, 0.29) is 5.15 Å². The van der Waals surface area contributed by atoms with Crippen molar-refractivity contribution in [2.24, 2.45) is 0 Å². The molecule has 0 spiro atoms. The highest BCUT2D eigenvalue weighted by molar-refractivity contribution is 6.29. The van der Waals surface area contributed by atoms with Gasteiger partial charge in [-0.1, -0.05) is 23.7 Å². The number of alkyl halides is 3. The molecule has 0 N–H and O–H groups in total. The van der Waals surface area contributed by atoms with Gasteiger partial charge in [0, 0.05) is 5.56 Å². The van der Waals surface area contributed by atoms with E-state index in [1.165, 1.54) is 24.3 Å². The number of aromatic nitrogens is 1. The van der Waals surface area contributed by atoms with Crippen molar-refractivity contribution in [3.8, 4) is 17.3 Å². The number of hydrogen-bond acceptors (Lipinski definition) is 2. The summed E-state index contributed by atoms with van der Waals surface area (Å²) >= 11 is 5.74. The highest BCUT2D eigenvalue weighted by Gasteiger charge is 2.30. The zero-order chi connectivity index (χ0) is 14.0. The Labute approximate surface area is 112 Å². The molecule has 1 aromatic carbocycles. The predicted octanol–water partition coefficient (Wildman–Crippen LogP) is 4.29. The Hall–Kier alpha value is -2.06. The largest absolute Gasteiger partial charge is 0.416 e. The van der Waals surface area contributed by atoms with Crippen LogP contribution in [0.15, 0.2) is 36.4 Å². The van der Waals surface area contributed by atoms with Crippen LogP contribution in [-0.2, 0) is 6.18 Å². The Morgan fingerprint density at radius 1 is 1.11 bits per heavy atom. The summed E-state index contributed by atoms with van der Waals surface area (Å²) in [5.41, 5.74) is 0.387. The van der Waals surface area contributed by atoms with Gasteiger partial charge in [0.1, 0.15) is 5.15 Å². The first-order valence-electron chi connectivity index (χ1n) is 5.15. The molecule has 2 rings (SSSR count). The van der Waals surface area contributed by atoms with Gasteiger partial charge < -0.3 is 0 Å². The molecular formula is C13H6ClF3N2. The van der Waals surface area contributed by atoms with E-state index < -0.39 is 11.7 Å². The topological polar surface area (TPSA) is 36.7 Å². The predicted molar refractivity (Wildman–Crippen MR) is 64.4 cm³/mol. The van der Waals surface area contributed by atoms with E-state index in [2.05, 4.69) is 4.98 Å². The lowest BCUT2D eigenvalue weighted by atomic mass is 10.1. The van der Waals surface area contributed by atoms with Crippen molar-refractivity contribution in [3.63, 3.8) is 0 Å². The number of benzene rings is 1. The van der Waals surface area contributed by atoms with E-state index in [9.17, 15) is 13.2 Å². The summed E-state index contributed by atoms with van der Waals surface area (Å²) in [5, 5.41) is 8.92. The lowest BCUT2D eigenvalue weighted by Crippen LogP contribution is -2.04. The molecule has 0 bridgehead atoms. The van der Waals surface area contributed by atoms with Crippen LogP contribution in [0, 0.1) is 11.3 Å². The second-order valence-electron chi connectivity index (χ2n) is 3.75. The summed E-state index contributed by atoms with van der Waals surface area (Å²) in [5.74, 6) is 0. The summed E-state index contributed by atoms with van der Waals surface area (Å²) in [7, 11) is 0. The maximum atomic E-state index is 12.4. The van der Waals surface area contributed by atoms with Gasteiger partial charge in [-0.2, -0.15) is 18.4 Å². The van der Waals surface area contributed by atoms with E-state index in [1.54, 1.807) is 0 Å². The van der Waals surface area contributed by atoms with Crippen molar-refractivity contribution in [1.29, 1.82) is 5.26 Å². The molecule has 0 atom stereocenters. The van der Waals surface area contributed by atoms with Gasteiger partial charge >= 0.3 is 6.18 Å². The molecule has 0 radical (unpaired) electrons. The minimum Gasteiger partial charge on any atom is -0.236 e. The summed E-state index contributed by atoms with van der Waals surface area (Å²) in [6, 6.07) is 9.27. The lowest BCUT2D eigenvalue weighted by molar-refractivity contribution is -0.137. The smallest absolute Gasteiger partial charge is 0.236 e. The van der Waals surface area contributed by atoms with Gasteiger partial charge in [0.05, 0.1) is 22.9 Å². The fourth-order valence-corrected chi connectivity index (χ4v) is 1.75. The van der Waals surface area contributed by atoms with E-state index >= 15 is 0 Å². The van der Waals surface area contributed by atoms with Crippen molar-refractivity contribution < 1.29 is 13.2 Å². The van der Waals surface area contributed by atoms with E-state index in [0.29, 0.717) is 16.8 Å². The van der Waals surface area contributed by atoms with Gasteiger partial charge in [0.2, 0.25) is 0 Å². The van der Waals surface area contributed by atoms with Crippen LogP contribution >= 0.6 is 11.6 Å². The van der Waals surface area contributed by atoms with Crippen molar-refractivity contribution in [2.75, 3.05) is 0 Å². The van der Waals surface area contributed by atoms with Crippen LogP contribution in [-0.4, -0.2) is 4.98 Å². The van der Waals surface area contributed by atoms with Crippen LogP contribution < -0.4 is 0 Å². The molecule has 0 aliphatic heterocycles. The van der Waals surface area contributed by atoms with Gasteiger partial charge in [-0.25, -0.2) is 4.98 Å². The molecule has 96 valence electrons. The highest BCUT2D eigenvalue weighted by atomic mass is 35.5. The third kappa shape index (κ3) is 3.04. The molecule has 2 aromatic rings. The third-order valence-corrected chi connectivity index (χ3v) is 2.62. The molecule has 1 heterocycles. The fraction of sp³-hybridized carbons (Fsp3) is 0.0769. The molecule has 0 aliphatic rings. The van der Waals surface area contributed by atoms with Gasteiger partial charge in [0.15, 0.2) is 0 Å². The van der Waals surface area contributed by atoms with Crippen molar-refractivity contribution in [2.45, 2.75) is 6.18 Å². The van der Waals surface area contributed by atoms with Crippen molar-refractivity contribution in [3.05, 3.63) is 52.7 Å². The first-order chi connectivity index (χ1) is 8.90. The number of halogens is 4. The monoisotopic (exact) mass is 282 g/mol. The fourth-order valence-electron chi connectivity index (χ4n) is 1.54. The summed E-state index contributed by atoms with van der Waals surface area (Å²) < 4.78 is 37.3. The lowest BCUT2D eigenvalue weighted by Gasteiger charge is -2.07. The molecule has 0 amide bonds. The maximum Gasteiger partial charge on any atom is 0.416 e. The van der Waals surface area contributed by atoms with Gasteiger partial charge in [-0.15, -0.1) is 0 Å². The minimum atomic E-state index is -4.38. The first kappa shape index (κ1) is 13.4. The normalized spacial score (nSPS) is 11.1. The number of nitrogens with zero attached hydrogens (tertiary/aromatic N) is 2. The van der Waals surface area contributed by atoms with Gasteiger partial charge in [-0.05, 0) is 24.3 Å². The zero-order valence-electron chi connectivity index (χ0n) is 9.37. The molecule has 0 saturated heterocycles. The Morgan fingerprint density at radius 2 is 1.74 bits per heavy atom. The Bertz CT molecular complexity index is 642. The van der Waals surface area contributed by atoms with Gasteiger partial charge in [-0.3, -0.25) is 0 Å². The molecule has 6 heteroatoms. The Kier molecular flexibility index (Phi) is 3.45. The quantitative estimate of drug-likeness (QED) is 0.732. The zero-order valence-corrected chi connectivity index (χ0v) is 10.1. The van der Waals surface area contributed by atoms with Crippen LogP contribution in [0.25, 0.3) is 11.3 Å². The second-order valence-corrected chi connectivity index (χ2v) is 4.14. The third-order valence-electron chi connectivity index (χ3n) is 2.43. The average molecular weight is 283 g/mol. The standard InChI is InChI=1S/C13H6ClF3N2/c14-12-6-8(7-18)5-11(19-12)9-1-3-10(4-2-9)13(15,16)17/h1-6H. The Morgan fingerprint density at radius 3 is 2.26 bits per heavy atom. The van der Waals surface area contributed by atoms with Crippen LogP contribution in [0.2, 0.25) is 5.15 Å². The maximum absolute atomic E-state index is 12.4. The van der Waals surface area contributed by atoms with Crippen LogP contribution in [0.4, 0.5) is 13.2 Å². The number of nitriles is 1. The minimum absolute atomic E-state index is 0.119. The summed E-state index contributed by atoms with van der Waals surface area (Å²) in [6.07, 6.45) is -4.38. The molecule has 0 fully saturated rings. The highest BCUT2D eigenvalue weighted by Crippen LogP contribution is 2.31. The van der Waals surface area contributed by atoms with Crippen molar-refractivity contribution in [1.82, 2.24) is 4.98 Å². The van der Waals surface area contributed by atoms with E-state index in [4.69, 9.17) is 16.9 Å². The SMILES string of the molecule is N#Cc1cc(Cl)nc(-c2ccc(C(F)(F)F)cc2)c1. The van der Waals surface area contributed by atoms with E-state index in [0.717, 1.165) is 12.1 Å². The van der Waals surface area contributed by atoms with Crippen molar-refractivity contribution >= 4 is 11.6 Å². The van der Waals surface area contributed by atoms with Gasteiger partial charge in [0.25, 0.3) is 0 Å². The van der Waals surface area contributed by atoms with E-state index in [1.807, 2.05) is 6.07 Å². The summed E-state index contributed by atoms with van der Waals surface area (Å²) in [4.78, 5) is 3.98. The molecule has 0 aliphatic carbocycles.